The molecule has 1 aliphatic heterocycles. The van der Waals surface area contributed by atoms with Gasteiger partial charge in [-0.05, 0) is 17.7 Å². The molecule has 3 N–H and O–H groups in total. The van der Waals surface area contributed by atoms with Crippen LogP contribution < -0.4 is 18.9 Å². The van der Waals surface area contributed by atoms with Gasteiger partial charge >= 0.3 is 5.97 Å². The minimum Gasteiger partial charge on any atom is -0.504 e. The van der Waals surface area contributed by atoms with Crippen LogP contribution in [0.15, 0.2) is 60.7 Å². The van der Waals surface area contributed by atoms with Crippen LogP contribution in [0.5, 0.6) is 28.7 Å². The molecule has 5 rings (SSSR count). The van der Waals surface area contributed by atoms with Crippen molar-refractivity contribution in [3.05, 3.63) is 77.4 Å². The van der Waals surface area contributed by atoms with E-state index in [1.807, 2.05) is 6.07 Å². The zero-order valence-corrected chi connectivity index (χ0v) is 20.8. The van der Waals surface area contributed by atoms with E-state index < -0.39 is 35.1 Å². The van der Waals surface area contributed by atoms with E-state index in [4.69, 9.17) is 23.7 Å². The van der Waals surface area contributed by atoms with E-state index in [1.165, 1.54) is 40.6 Å². The smallest absolute Gasteiger partial charge is 0.312 e. The van der Waals surface area contributed by atoms with Crippen LogP contribution in [-0.2, 0) is 20.7 Å². The van der Waals surface area contributed by atoms with Crippen LogP contribution in [0.3, 0.4) is 0 Å². The molecule has 1 heterocycles. The first kappa shape index (κ1) is 24.7. The molecule has 194 valence electrons. The fraction of sp³-hybridized carbons (Fsp3) is 0.321. The molecule has 0 spiro atoms. The number of fused-ring (bicyclic) bond motifs is 3. The van der Waals surface area contributed by atoms with Gasteiger partial charge in [0.05, 0.1) is 39.9 Å². The summed E-state index contributed by atoms with van der Waals surface area (Å²) in [4.78, 5) is 13.2. The molecule has 0 amide bonds. The summed E-state index contributed by atoms with van der Waals surface area (Å²) in [6, 6.07) is 16.7. The van der Waals surface area contributed by atoms with Gasteiger partial charge in [-0.2, -0.15) is 0 Å². The van der Waals surface area contributed by atoms with Crippen LogP contribution in [0.4, 0.5) is 0 Å². The van der Waals surface area contributed by atoms with Crippen molar-refractivity contribution in [2.24, 2.45) is 5.92 Å². The molecule has 1 saturated carbocycles. The van der Waals surface area contributed by atoms with Crippen molar-refractivity contribution in [1.82, 2.24) is 0 Å². The number of ether oxygens (including phenoxy) is 5. The molecule has 9 heteroatoms. The van der Waals surface area contributed by atoms with Gasteiger partial charge in [-0.25, -0.2) is 0 Å². The van der Waals surface area contributed by atoms with Crippen LogP contribution in [-0.4, -0.2) is 55.8 Å². The zero-order valence-electron chi connectivity index (χ0n) is 20.8. The highest BCUT2D eigenvalue weighted by Gasteiger charge is 2.78. The highest BCUT2D eigenvalue weighted by molar-refractivity contribution is 5.78. The van der Waals surface area contributed by atoms with Crippen molar-refractivity contribution in [2.75, 3.05) is 28.4 Å². The second-order valence-corrected chi connectivity index (χ2v) is 9.08. The highest BCUT2D eigenvalue weighted by Crippen LogP contribution is 2.70. The predicted octanol–water partition coefficient (Wildman–Crippen LogP) is 2.84. The third-order valence-corrected chi connectivity index (χ3v) is 7.52. The Hall–Kier alpha value is -3.95. The van der Waals surface area contributed by atoms with Gasteiger partial charge in [-0.15, -0.1) is 0 Å². The third-order valence-electron chi connectivity index (χ3n) is 7.52. The molecule has 0 saturated heterocycles. The number of benzene rings is 3. The Kier molecular flexibility index (Phi) is 5.92. The van der Waals surface area contributed by atoms with Gasteiger partial charge in [0.2, 0.25) is 0 Å². The van der Waals surface area contributed by atoms with Crippen molar-refractivity contribution in [1.29, 1.82) is 0 Å². The maximum atomic E-state index is 13.2. The average Bonchev–Trinajstić information content (AvgIpc) is 3.30. The second kappa shape index (κ2) is 8.86. The number of carbonyl (C=O) groups excluding carboxylic acids is 1. The van der Waals surface area contributed by atoms with E-state index in [9.17, 15) is 20.1 Å². The van der Waals surface area contributed by atoms with Crippen molar-refractivity contribution in [3.8, 4) is 28.7 Å². The topological polar surface area (TPSA) is 124 Å². The van der Waals surface area contributed by atoms with Crippen LogP contribution >= 0.6 is 0 Å². The minimum atomic E-state index is -2.21. The van der Waals surface area contributed by atoms with Crippen molar-refractivity contribution < 1.29 is 43.8 Å². The van der Waals surface area contributed by atoms with Gasteiger partial charge in [-0.1, -0.05) is 36.4 Å². The van der Waals surface area contributed by atoms with Crippen molar-refractivity contribution in [2.45, 2.75) is 23.2 Å². The molecule has 0 bridgehead atoms. The summed E-state index contributed by atoms with van der Waals surface area (Å²) in [5.41, 5.74) is -2.92. The van der Waals surface area contributed by atoms with E-state index in [2.05, 4.69) is 0 Å². The number of esters is 1. The number of aliphatic hydroxyl groups excluding tert-OH is 1. The monoisotopic (exact) mass is 508 g/mol. The lowest BCUT2D eigenvalue weighted by Crippen LogP contribution is -2.52. The second-order valence-electron chi connectivity index (χ2n) is 9.08. The fourth-order valence-electron chi connectivity index (χ4n) is 5.98. The summed E-state index contributed by atoms with van der Waals surface area (Å²) in [6.07, 6.45) is -1.68. The Morgan fingerprint density at radius 3 is 2.22 bits per heavy atom. The number of hydrogen-bond acceptors (Lipinski definition) is 9. The van der Waals surface area contributed by atoms with E-state index in [0.717, 1.165) is 0 Å². The predicted molar refractivity (Wildman–Crippen MR) is 131 cm³/mol. The molecule has 3 aromatic carbocycles. The van der Waals surface area contributed by atoms with Crippen LogP contribution in [0.2, 0.25) is 0 Å². The number of methoxy groups -OCH3 is 4. The Labute approximate surface area is 213 Å². The lowest BCUT2D eigenvalue weighted by atomic mass is 9.70. The third kappa shape index (κ3) is 3.20. The van der Waals surface area contributed by atoms with E-state index in [-0.39, 0.29) is 28.6 Å². The maximum absolute atomic E-state index is 13.2. The summed E-state index contributed by atoms with van der Waals surface area (Å²) < 4.78 is 28.0. The summed E-state index contributed by atoms with van der Waals surface area (Å²) in [6.45, 7) is 0. The standard InChI is InChI=1S/C28H28O9/c1-33-17-13-20(35-3)24-21(14-17)37-28(16-10-11-19(34-2)18(29)12-16)23(15-8-6-5-7-9-15)22(26(31)36-4)25(30)27(24,28)32/h5-14,22-23,25,29-30,32H,1-4H3/t22-,23?,25-,27-,28-/m0/s1. The molecule has 0 radical (unpaired) electrons. The SMILES string of the molecule is COC(=O)[C@H]1C(c2ccccc2)[C@]2(c3ccc(OC)c(O)c3)Oc3cc(OC)cc(OC)c3[C@]2(O)[C@H]1O. The first-order valence-corrected chi connectivity index (χ1v) is 11.6. The average molecular weight is 509 g/mol. The van der Waals surface area contributed by atoms with Crippen molar-refractivity contribution >= 4 is 5.97 Å². The normalized spacial score (nSPS) is 27.6. The maximum Gasteiger partial charge on any atom is 0.312 e. The number of rotatable bonds is 6. The molecule has 3 aromatic rings. The lowest BCUT2D eigenvalue weighted by Gasteiger charge is -2.40. The Balaban J connectivity index is 1.90. The van der Waals surface area contributed by atoms with E-state index >= 15 is 0 Å². The van der Waals surface area contributed by atoms with Crippen LogP contribution in [0.25, 0.3) is 0 Å². The first-order chi connectivity index (χ1) is 17.8. The first-order valence-electron chi connectivity index (χ1n) is 11.6. The molecule has 37 heavy (non-hydrogen) atoms. The molecular weight excluding hydrogens is 480 g/mol. The number of phenolic OH excluding ortho intramolecular Hbond substituents is 1. The molecule has 1 fully saturated rings. The quantitative estimate of drug-likeness (QED) is 0.431. The van der Waals surface area contributed by atoms with Crippen LogP contribution in [0.1, 0.15) is 22.6 Å². The molecule has 1 unspecified atom stereocenters. The molecule has 2 aliphatic rings. The Bertz CT molecular complexity index is 1340. The van der Waals surface area contributed by atoms with E-state index in [1.54, 1.807) is 42.5 Å². The molecule has 1 aliphatic carbocycles. The molecule has 0 aromatic heterocycles. The van der Waals surface area contributed by atoms with Gasteiger partial charge in [0.25, 0.3) is 0 Å². The zero-order chi connectivity index (χ0) is 26.5. The van der Waals surface area contributed by atoms with E-state index in [0.29, 0.717) is 16.9 Å². The summed E-state index contributed by atoms with van der Waals surface area (Å²) in [7, 11) is 5.55. The highest BCUT2D eigenvalue weighted by atomic mass is 16.6. The van der Waals surface area contributed by atoms with Crippen LogP contribution in [0, 0.1) is 5.92 Å². The largest absolute Gasteiger partial charge is 0.504 e. The molecule has 9 nitrogen and oxygen atoms in total. The lowest BCUT2D eigenvalue weighted by molar-refractivity contribution is -0.161. The van der Waals surface area contributed by atoms with Gasteiger partial charge < -0.3 is 39.0 Å². The number of aromatic hydroxyl groups is 1. The van der Waals surface area contributed by atoms with Gasteiger partial charge in [-0.3, -0.25) is 4.79 Å². The van der Waals surface area contributed by atoms with Gasteiger partial charge in [0.1, 0.15) is 23.4 Å². The summed E-state index contributed by atoms with van der Waals surface area (Å²) in [5, 5.41) is 35.3. The Morgan fingerprint density at radius 2 is 1.62 bits per heavy atom. The summed E-state index contributed by atoms with van der Waals surface area (Å²) in [5.74, 6) is -2.09. The van der Waals surface area contributed by atoms with Gasteiger partial charge in [0.15, 0.2) is 22.7 Å². The number of carbonyl (C=O) groups is 1. The minimum absolute atomic E-state index is 0.158. The Morgan fingerprint density at radius 1 is 0.919 bits per heavy atom. The van der Waals surface area contributed by atoms with Crippen molar-refractivity contribution in [3.63, 3.8) is 0 Å². The number of phenols is 1. The summed E-state index contributed by atoms with van der Waals surface area (Å²) >= 11 is 0. The number of hydrogen-bond donors (Lipinski definition) is 3. The molecule has 5 atom stereocenters. The van der Waals surface area contributed by atoms with Gasteiger partial charge in [0, 0.05) is 23.6 Å². The fourth-order valence-corrected chi connectivity index (χ4v) is 5.98. The molecular formula is C28H28O9. The number of aliphatic hydroxyl groups is 2.